The first-order valence-corrected chi connectivity index (χ1v) is 17.8. The molecule has 0 aliphatic carbocycles. The summed E-state index contributed by atoms with van der Waals surface area (Å²) in [5.74, 6) is -1.35. The number of esters is 1. The van der Waals surface area contributed by atoms with Crippen molar-refractivity contribution >= 4 is 52.3 Å². The Morgan fingerprint density at radius 1 is 1.09 bits per heavy atom. The van der Waals surface area contributed by atoms with Crippen LogP contribution < -0.4 is 16.0 Å². The van der Waals surface area contributed by atoms with Crippen LogP contribution in [-0.2, 0) is 30.5 Å². The van der Waals surface area contributed by atoms with E-state index in [1.807, 2.05) is 6.92 Å². The highest BCUT2D eigenvalue weighted by Crippen LogP contribution is 2.22. The van der Waals surface area contributed by atoms with E-state index in [0.717, 1.165) is 19.3 Å². The van der Waals surface area contributed by atoms with E-state index in [1.54, 1.807) is 45.1 Å². The molecule has 2 heterocycles. The van der Waals surface area contributed by atoms with Crippen LogP contribution in [0.25, 0.3) is 0 Å². The molecule has 248 valence electrons. The van der Waals surface area contributed by atoms with Crippen molar-refractivity contribution in [3.63, 3.8) is 0 Å². The minimum absolute atomic E-state index is 0.0250. The maximum atomic E-state index is 13.3. The number of ether oxygens (including phenoxy) is 1. The molecule has 3 amide bonds. The zero-order chi connectivity index (χ0) is 33.2. The molecule has 0 saturated heterocycles. The van der Waals surface area contributed by atoms with Gasteiger partial charge in [-0.1, -0.05) is 77.3 Å². The first kappa shape index (κ1) is 38.1. The van der Waals surface area contributed by atoms with Gasteiger partial charge in [0.05, 0.1) is 18.7 Å². The number of allylic oxidation sites excluding steroid dienone is 2. The highest BCUT2D eigenvalue weighted by molar-refractivity contribution is 8.13. The summed E-state index contributed by atoms with van der Waals surface area (Å²) >= 11 is 2.73. The van der Waals surface area contributed by atoms with Gasteiger partial charge in [-0.3, -0.25) is 19.2 Å². The molecule has 1 aromatic heterocycles. The van der Waals surface area contributed by atoms with Gasteiger partial charge in [-0.25, -0.2) is 9.78 Å². The lowest BCUT2D eigenvalue weighted by Crippen LogP contribution is -2.48. The Kier molecular flexibility index (Phi) is 17.6. The number of thioether (sulfide) groups is 2. The van der Waals surface area contributed by atoms with Crippen LogP contribution in [0.1, 0.15) is 102 Å². The molecule has 45 heavy (non-hydrogen) atoms. The zero-order valence-electron chi connectivity index (χ0n) is 27.1. The number of cyclic esters (lactones) is 1. The van der Waals surface area contributed by atoms with Crippen LogP contribution in [0.5, 0.6) is 0 Å². The molecular weight excluding hydrogens is 613 g/mol. The summed E-state index contributed by atoms with van der Waals surface area (Å²) in [7, 11) is 0. The highest BCUT2D eigenvalue weighted by atomic mass is 32.2. The Labute approximate surface area is 275 Å². The van der Waals surface area contributed by atoms with Crippen LogP contribution in [0.4, 0.5) is 0 Å². The monoisotopic (exact) mass is 660 g/mol. The Morgan fingerprint density at radius 3 is 2.53 bits per heavy atom. The fourth-order valence-corrected chi connectivity index (χ4v) is 5.95. The Morgan fingerprint density at radius 2 is 1.84 bits per heavy atom. The summed E-state index contributed by atoms with van der Waals surface area (Å²) < 4.78 is 5.73. The molecule has 2 atom stereocenters. The van der Waals surface area contributed by atoms with Crippen LogP contribution >= 0.6 is 23.5 Å². The minimum atomic E-state index is -1.03. The maximum absolute atomic E-state index is 13.3. The van der Waals surface area contributed by atoms with Crippen LogP contribution in [0.3, 0.4) is 0 Å². The average molecular weight is 661 g/mol. The standard InChI is InChI=1S/C33H48N4O6S2/c1-6-9-10-11-12-16-28(39)45-19-14-13-15-24-20-27(38)34-21-23-17-18-26(44-8-3)30(35-23)32(41)36-25(7-2)31(40)37-29(22(4)5)33(42)43-24/h7,13,15,17-18,22,24,29H,6,8-12,14,16,19-21H2,1-5H3,(H,34,38)(H,36,41)(H,37,40)/b15-13+,25-7-/t24-,29+/m1/s1. The first-order valence-electron chi connectivity index (χ1n) is 15.8. The van der Waals surface area contributed by atoms with E-state index >= 15 is 0 Å². The van der Waals surface area contributed by atoms with Gasteiger partial charge < -0.3 is 20.7 Å². The molecule has 0 radical (unpaired) electrons. The van der Waals surface area contributed by atoms with Crippen LogP contribution in [0, 0.1) is 5.92 Å². The maximum Gasteiger partial charge on any atom is 0.329 e. The van der Waals surface area contributed by atoms with E-state index in [-0.39, 0.29) is 41.3 Å². The molecule has 3 N–H and O–H groups in total. The molecule has 2 rings (SSSR count). The third-order valence-electron chi connectivity index (χ3n) is 6.92. The van der Waals surface area contributed by atoms with Gasteiger partial charge in [0.15, 0.2) is 5.12 Å². The van der Waals surface area contributed by atoms with Crippen LogP contribution in [0.15, 0.2) is 41.0 Å². The predicted octanol–water partition coefficient (Wildman–Crippen LogP) is 5.47. The normalized spacial score (nSPS) is 19.4. The fourth-order valence-electron chi connectivity index (χ4n) is 4.43. The summed E-state index contributed by atoms with van der Waals surface area (Å²) in [5, 5.41) is 8.27. The molecule has 2 bridgehead atoms. The molecule has 10 nitrogen and oxygen atoms in total. The second-order valence-electron chi connectivity index (χ2n) is 11.0. The van der Waals surface area contributed by atoms with Crippen LogP contribution in [0.2, 0.25) is 0 Å². The number of aromatic nitrogens is 1. The lowest BCUT2D eigenvalue weighted by molar-refractivity contribution is -0.153. The fraction of sp³-hybridized carbons (Fsp3) is 0.576. The van der Waals surface area contributed by atoms with Crippen molar-refractivity contribution in [2.75, 3.05) is 11.5 Å². The van der Waals surface area contributed by atoms with Gasteiger partial charge in [0.25, 0.3) is 11.8 Å². The third kappa shape index (κ3) is 13.8. The van der Waals surface area contributed by atoms with Crippen molar-refractivity contribution in [1.82, 2.24) is 20.9 Å². The molecule has 0 saturated carbocycles. The van der Waals surface area contributed by atoms with Crippen molar-refractivity contribution in [2.45, 2.75) is 110 Å². The number of nitrogens with zero attached hydrogens (tertiary/aromatic N) is 1. The summed E-state index contributed by atoms with van der Waals surface area (Å²) in [4.78, 5) is 70.0. The zero-order valence-corrected chi connectivity index (χ0v) is 28.7. The van der Waals surface area contributed by atoms with E-state index in [9.17, 15) is 24.0 Å². The molecule has 0 unspecified atom stereocenters. The predicted molar refractivity (Wildman–Crippen MR) is 180 cm³/mol. The van der Waals surface area contributed by atoms with Crippen molar-refractivity contribution in [2.24, 2.45) is 5.92 Å². The summed E-state index contributed by atoms with van der Waals surface area (Å²) in [5.41, 5.74) is 0.577. The van der Waals surface area contributed by atoms with E-state index < -0.39 is 29.9 Å². The molecular formula is C33H48N4O6S2. The Balaban J connectivity index is 2.21. The summed E-state index contributed by atoms with van der Waals surface area (Å²) in [6.07, 6.45) is 10.5. The molecule has 1 aromatic rings. The van der Waals surface area contributed by atoms with Crippen molar-refractivity contribution in [3.05, 3.63) is 47.4 Å². The smallest absolute Gasteiger partial charge is 0.329 e. The Hall–Kier alpha value is -3.12. The van der Waals surface area contributed by atoms with E-state index in [1.165, 1.54) is 42.4 Å². The number of unbranched alkanes of at least 4 members (excludes halogenated alkanes) is 4. The molecule has 0 spiro atoms. The van der Waals surface area contributed by atoms with Gasteiger partial charge in [-0.05, 0) is 49.6 Å². The van der Waals surface area contributed by atoms with Gasteiger partial charge in [-0.2, -0.15) is 0 Å². The lowest BCUT2D eigenvalue weighted by atomic mass is 10.0. The van der Waals surface area contributed by atoms with Crippen molar-refractivity contribution in [1.29, 1.82) is 0 Å². The summed E-state index contributed by atoms with van der Waals surface area (Å²) in [6.45, 7) is 9.30. The van der Waals surface area contributed by atoms with E-state index in [4.69, 9.17) is 4.74 Å². The topological polar surface area (TPSA) is 144 Å². The van der Waals surface area contributed by atoms with Gasteiger partial charge in [0.2, 0.25) is 5.91 Å². The molecule has 0 aromatic carbocycles. The molecule has 0 fully saturated rings. The number of carbonyl (C=O) groups is 5. The third-order valence-corrected chi connectivity index (χ3v) is 8.82. The quantitative estimate of drug-likeness (QED) is 0.0826. The molecule has 1 aliphatic heterocycles. The Bertz CT molecular complexity index is 1230. The number of fused-ring (bicyclic) bond motifs is 2. The van der Waals surface area contributed by atoms with Gasteiger partial charge in [0.1, 0.15) is 23.5 Å². The number of nitrogens with one attached hydrogen (secondary N) is 3. The second-order valence-corrected chi connectivity index (χ2v) is 13.4. The highest BCUT2D eigenvalue weighted by Gasteiger charge is 2.30. The van der Waals surface area contributed by atoms with E-state index in [0.29, 0.717) is 34.9 Å². The number of amides is 3. The van der Waals surface area contributed by atoms with Crippen molar-refractivity contribution < 1.29 is 28.7 Å². The number of rotatable bonds is 13. The van der Waals surface area contributed by atoms with Crippen molar-refractivity contribution in [3.8, 4) is 0 Å². The van der Waals surface area contributed by atoms with Gasteiger partial charge in [0, 0.05) is 17.1 Å². The SMILES string of the molecule is C/C=C1\NC(=O)c2nc(ccc2SCC)CNC(=O)C[C@@H](/C=C/CCSC(=O)CCCCCCC)OC(=O)[C@H](C(C)C)NC1=O. The van der Waals surface area contributed by atoms with Gasteiger partial charge >= 0.3 is 5.97 Å². The second kappa shape index (κ2) is 20.8. The van der Waals surface area contributed by atoms with E-state index in [2.05, 4.69) is 27.9 Å². The number of carbonyl (C=O) groups excluding carboxylic acids is 5. The number of hydrogen-bond acceptors (Lipinski definition) is 9. The first-order chi connectivity index (χ1) is 21.6. The minimum Gasteiger partial charge on any atom is -0.456 e. The number of hydrogen-bond donors (Lipinski definition) is 3. The summed E-state index contributed by atoms with van der Waals surface area (Å²) in [6, 6.07) is 2.47. The molecule has 1 aliphatic rings. The largest absolute Gasteiger partial charge is 0.456 e. The lowest BCUT2D eigenvalue weighted by Gasteiger charge is -2.24. The molecule has 12 heteroatoms. The average Bonchev–Trinajstić information content (AvgIpc) is 3.00. The van der Waals surface area contributed by atoms with Crippen LogP contribution in [-0.4, -0.2) is 57.4 Å². The van der Waals surface area contributed by atoms with Gasteiger partial charge in [-0.15, -0.1) is 11.8 Å². The number of pyridine rings is 1.